The van der Waals surface area contributed by atoms with Gasteiger partial charge in [-0.15, -0.1) is 0 Å². The van der Waals surface area contributed by atoms with Gasteiger partial charge in [-0.2, -0.15) is 13.2 Å². The number of halogens is 3. The summed E-state index contributed by atoms with van der Waals surface area (Å²) in [5.41, 5.74) is 0.652. The molecule has 166 valence electrons. The Morgan fingerprint density at radius 2 is 1.97 bits per heavy atom. The molecule has 1 N–H and O–H groups in total. The molecule has 0 radical (unpaired) electrons. The summed E-state index contributed by atoms with van der Waals surface area (Å²) in [6.45, 7) is 3.74. The van der Waals surface area contributed by atoms with E-state index in [0.717, 1.165) is 17.7 Å². The lowest BCUT2D eigenvalue weighted by molar-refractivity contribution is -0.139. The molecule has 0 spiro atoms. The number of pyridine rings is 1. The van der Waals surface area contributed by atoms with Crippen LogP contribution in [0.1, 0.15) is 30.0 Å². The Bertz CT molecular complexity index is 905. The Hall–Kier alpha value is -2.94. The number of nitrogens with one attached hydrogen (secondary N) is 1. The lowest BCUT2D eigenvalue weighted by Gasteiger charge is -2.35. The number of hydrogen-bond acceptors (Lipinski definition) is 4. The summed E-state index contributed by atoms with van der Waals surface area (Å²) in [5, 5.41) is 2.76. The maximum atomic E-state index is 13.0. The number of hydrogen-bond donors (Lipinski definition) is 1. The fourth-order valence-corrected chi connectivity index (χ4v) is 3.63. The van der Waals surface area contributed by atoms with E-state index in [2.05, 4.69) is 10.3 Å². The van der Waals surface area contributed by atoms with Crippen molar-refractivity contribution in [2.24, 2.45) is 0 Å². The highest BCUT2D eigenvalue weighted by Crippen LogP contribution is 2.30. The molecule has 0 bridgehead atoms. The lowest BCUT2D eigenvalue weighted by Crippen LogP contribution is -2.56. The summed E-state index contributed by atoms with van der Waals surface area (Å²) in [5.74, 6) is -0.470. The van der Waals surface area contributed by atoms with E-state index in [0.29, 0.717) is 31.7 Å². The van der Waals surface area contributed by atoms with Crippen molar-refractivity contribution in [3.8, 4) is 0 Å². The zero-order valence-electron chi connectivity index (χ0n) is 17.2. The number of nitrogens with zero attached hydrogens (tertiary/aromatic N) is 3. The van der Waals surface area contributed by atoms with E-state index in [9.17, 15) is 22.8 Å². The number of carbonyl (C=O) groups excluding carboxylic acids is 2. The molecule has 6 nitrogen and oxygen atoms in total. The maximum Gasteiger partial charge on any atom is 0.416 e. The second kappa shape index (κ2) is 9.91. The molecule has 2 aromatic rings. The van der Waals surface area contributed by atoms with Crippen molar-refractivity contribution in [2.75, 3.05) is 19.6 Å². The highest BCUT2D eigenvalue weighted by Gasteiger charge is 2.34. The van der Waals surface area contributed by atoms with E-state index in [1.165, 1.54) is 6.07 Å². The van der Waals surface area contributed by atoms with Crippen LogP contribution < -0.4 is 5.32 Å². The maximum absolute atomic E-state index is 13.0. The third kappa shape index (κ3) is 6.04. The second-order valence-corrected chi connectivity index (χ2v) is 7.44. The average Bonchev–Trinajstić information content (AvgIpc) is 2.74. The van der Waals surface area contributed by atoms with Gasteiger partial charge >= 0.3 is 6.18 Å². The van der Waals surface area contributed by atoms with Crippen LogP contribution in [0.25, 0.3) is 0 Å². The Morgan fingerprint density at radius 3 is 2.65 bits per heavy atom. The number of amides is 2. The van der Waals surface area contributed by atoms with Gasteiger partial charge in [-0.3, -0.25) is 19.5 Å². The number of piperazine rings is 1. The Morgan fingerprint density at radius 1 is 1.23 bits per heavy atom. The minimum Gasteiger partial charge on any atom is -0.353 e. The molecule has 1 fully saturated rings. The van der Waals surface area contributed by atoms with Gasteiger partial charge in [0.2, 0.25) is 11.8 Å². The average molecular weight is 434 g/mol. The fraction of sp³-hybridized carbons (Fsp3) is 0.409. The molecule has 1 aromatic carbocycles. The van der Waals surface area contributed by atoms with Gasteiger partial charge in [0, 0.05) is 45.1 Å². The Kier molecular flexibility index (Phi) is 7.27. The quantitative estimate of drug-likeness (QED) is 0.728. The third-order valence-corrected chi connectivity index (χ3v) is 5.31. The van der Waals surface area contributed by atoms with Gasteiger partial charge in [0.05, 0.1) is 18.0 Å². The van der Waals surface area contributed by atoms with Crippen LogP contribution >= 0.6 is 0 Å². The van der Waals surface area contributed by atoms with Crippen molar-refractivity contribution in [3.63, 3.8) is 0 Å². The molecule has 1 aliphatic heterocycles. The summed E-state index contributed by atoms with van der Waals surface area (Å²) < 4.78 is 39.1. The molecule has 9 heteroatoms. The van der Waals surface area contributed by atoms with Crippen molar-refractivity contribution in [1.82, 2.24) is 20.1 Å². The first-order chi connectivity index (χ1) is 14.8. The van der Waals surface area contributed by atoms with Crippen molar-refractivity contribution in [1.29, 1.82) is 0 Å². The summed E-state index contributed by atoms with van der Waals surface area (Å²) in [4.78, 5) is 32.8. The van der Waals surface area contributed by atoms with E-state index < -0.39 is 17.8 Å². The van der Waals surface area contributed by atoms with Crippen LogP contribution in [0.3, 0.4) is 0 Å². The molecule has 1 aliphatic rings. The molecule has 2 heterocycles. The van der Waals surface area contributed by atoms with Crippen molar-refractivity contribution in [2.45, 2.75) is 38.7 Å². The zero-order valence-corrected chi connectivity index (χ0v) is 17.2. The van der Waals surface area contributed by atoms with Gasteiger partial charge in [-0.25, -0.2) is 0 Å². The predicted molar refractivity (Wildman–Crippen MR) is 109 cm³/mol. The van der Waals surface area contributed by atoms with E-state index in [4.69, 9.17) is 0 Å². The molecule has 0 unspecified atom stereocenters. The summed E-state index contributed by atoms with van der Waals surface area (Å²) in [7, 11) is 0. The minimum atomic E-state index is -4.43. The summed E-state index contributed by atoms with van der Waals surface area (Å²) >= 11 is 0. The topological polar surface area (TPSA) is 65.5 Å². The zero-order chi connectivity index (χ0) is 22.4. The molecule has 2 amide bonds. The lowest BCUT2D eigenvalue weighted by atomic mass is 10.0. The van der Waals surface area contributed by atoms with Gasteiger partial charge < -0.3 is 10.2 Å². The van der Waals surface area contributed by atoms with Crippen molar-refractivity contribution >= 4 is 11.8 Å². The molecule has 3 rings (SSSR count). The van der Waals surface area contributed by atoms with Gasteiger partial charge in [-0.1, -0.05) is 18.2 Å². The van der Waals surface area contributed by atoms with E-state index in [1.807, 2.05) is 19.1 Å². The Labute approximate surface area is 179 Å². The smallest absolute Gasteiger partial charge is 0.353 e. The molecule has 0 aliphatic carbocycles. The van der Waals surface area contributed by atoms with E-state index in [-0.39, 0.29) is 24.8 Å². The third-order valence-electron chi connectivity index (χ3n) is 5.31. The van der Waals surface area contributed by atoms with Crippen LogP contribution in [0.4, 0.5) is 13.2 Å². The van der Waals surface area contributed by atoms with Crippen LogP contribution in [0, 0.1) is 0 Å². The van der Waals surface area contributed by atoms with Gasteiger partial charge in [0.25, 0.3) is 0 Å². The van der Waals surface area contributed by atoms with Gasteiger partial charge in [0.1, 0.15) is 0 Å². The second-order valence-electron chi connectivity index (χ2n) is 7.44. The number of carbonyl (C=O) groups is 2. The largest absolute Gasteiger partial charge is 0.416 e. The number of alkyl halides is 3. The van der Waals surface area contributed by atoms with E-state index >= 15 is 0 Å². The molecule has 31 heavy (non-hydrogen) atoms. The first-order valence-electron chi connectivity index (χ1n) is 10.1. The first-order valence-corrected chi connectivity index (χ1v) is 10.1. The van der Waals surface area contributed by atoms with Gasteiger partial charge in [0.15, 0.2) is 0 Å². The standard InChI is InChI=1S/C22H25F3N4O2/c1-2-28(14-16-6-8-26-9-7-16)20(30)13-19-21(31)27-10-11-29(19)15-17-4-3-5-18(12-17)22(23,24)25/h3-9,12,19H,2,10-11,13-15H2,1H3,(H,27,31)/t19-/m0/s1. The van der Waals surface area contributed by atoms with Gasteiger partial charge in [-0.05, 0) is 36.2 Å². The summed E-state index contributed by atoms with van der Waals surface area (Å²) in [6.07, 6.45) is -1.17. The molecule has 0 saturated carbocycles. The van der Waals surface area contributed by atoms with Crippen LogP contribution in [0.2, 0.25) is 0 Å². The Balaban J connectivity index is 1.71. The summed E-state index contributed by atoms with van der Waals surface area (Å²) in [6, 6.07) is 7.98. The molecule has 1 atom stereocenters. The monoisotopic (exact) mass is 434 g/mol. The van der Waals surface area contributed by atoms with Crippen molar-refractivity contribution < 1.29 is 22.8 Å². The highest BCUT2D eigenvalue weighted by molar-refractivity contribution is 5.88. The minimum absolute atomic E-state index is 0.0380. The van der Waals surface area contributed by atoms with E-state index in [1.54, 1.807) is 28.3 Å². The van der Waals surface area contributed by atoms with Crippen molar-refractivity contribution in [3.05, 3.63) is 65.5 Å². The normalized spacial score (nSPS) is 17.3. The number of benzene rings is 1. The van der Waals surface area contributed by atoms with Crippen LogP contribution in [0.15, 0.2) is 48.8 Å². The molecular formula is C22H25F3N4O2. The van der Waals surface area contributed by atoms with Crippen LogP contribution in [-0.4, -0.2) is 52.3 Å². The van der Waals surface area contributed by atoms with Crippen LogP contribution in [0.5, 0.6) is 0 Å². The SMILES string of the molecule is CCN(Cc1ccncc1)C(=O)C[C@H]1C(=O)NCCN1Cc1cccc(C(F)(F)F)c1. The highest BCUT2D eigenvalue weighted by atomic mass is 19.4. The molecular weight excluding hydrogens is 409 g/mol. The number of aromatic nitrogens is 1. The molecule has 1 aromatic heterocycles. The predicted octanol–water partition coefficient (Wildman–Crippen LogP) is 2.84. The number of rotatable bonds is 7. The first kappa shape index (κ1) is 22.7. The fourth-order valence-electron chi connectivity index (χ4n) is 3.63. The van der Waals surface area contributed by atoms with Crippen LogP contribution in [-0.2, 0) is 28.9 Å². The molecule has 1 saturated heterocycles.